The fraction of sp³-hybridized carbons (Fsp3) is 0.370. The average molecular weight is 478 g/mol. The van der Waals surface area contributed by atoms with Crippen molar-refractivity contribution in [2.75, 3.05) is 41.3 Å². The molecule has 0 aliphatic carbocycles. The number of aryl methyl sites for hydroxylation is 1. The first-order valence-corrected chi connectivity index (χ1v) is 12.2. The average Bonchev–Trinajstić information content (AvgIpc) is 2.86. The first-order valence-electron chi connectivity index (χ1n) is 12.2. The predicted octanol–water partition coefficient (Wildman–Crippen LogP) is 4.38. The van der Waals surface area contributed by atoms with Crippen molar-refractivity contribution in [2.24, 2.45) is 5.92 Å². The quantitative estimate of drug-likeness (QED) is 0.547. The number of benzene rings is 2. The third-order valence-corrected chi connectivity index (χ3v) is 6.55. The minimum Gasteiger partial charge on any atom is -0.372 e. The predicted molar refractivity (Wildman–Crippen MR) is 138 cm³/mol. The minimum absolute atomic E-state index is 0.0214. The third-order valence-electron chi connectivity index (χ3n) is 6.55. The molecule has 1 atom stereocenters. The van der Waals surface area contributed by atoms with Gasteiger partial charge in [-0.05, 0) is 81.6 Å². The number of nitrogens with zero attached hydrogens (tertiary/aromatic N) is 4. The standard InChI is InChI=1S/C27H32FN5O2/c1-4-31(5-2)22-11-12-24(19(3)16-22)29-27(35)20-8-7-15-32(18-20)25-13-14-26(34)33(30-25)23-10-6-9-21(28)17-23/h6,9-14,16-17,20H,4-5,7-8,15,18H2,1-3H3,(H,29,35)/t20-/m1/s1. The van der Waals surface area contributed by atoms with Gasteiger partial charge >= 0.3 is 0 Å². The summed E-state index contributed by atoms with van der Waals surface area (Å²) in [4.78, 5) is 29.8. The molecule has 0 bridgehead atoms. The Kier molecular flexibility index (Phi) is 7.48. The Morgan fingerprint density at radius 1 is 1.14 bits per heavy atom. The highest BCUT2D eigenvalue weighted by Crippen LogP contribution is 2.26. The smallest absolute Gasteiger partial charge is 0.271 e. The van der Waals surface area contributed by atoms with E-state index in [-0.39, 0.29) is 17.4 Å². The lowest BCUT2D eigenvalue weighted by atomic mass is 9.97. The molecule has 8 heteroatoms. The van der Waals surface area contributed by atoms with E-state index in [1.165, 1.54) is 22.9 Å². The van der Waals surface area contributed by atoms with Gasteiger partial charge in [0.1, 0.15) is 11.6 Å². The van der Waals surface area contributed by atoms with Gasteiger partial charge in [-0.1, -0.05) is 6.07 Å². The molecule has 35 heavy (non-hydrogen) atoms. The third kappa shape index (κ3) is 5.53. The molecule has 0 saturated carbocycles. The molecule has 1 N–H and O–H groups in total. The fourth-order valence-corrected chi connectivity index (χ4v) is 4.57. The number of carbonyl (C=O) groups is 1. The summed E-state index contributed by atoms with van der Waals surface area (Å²) < 4.78 is 14.9. The Morgan fingerprint density at radius 3 is 2.66 bits per heavy atom. The minimum atomic E-state index is -0.434. The molecule has 1 fully saturated rings. The molecule has 3 aromatic rings. The number of amides is 1. The summed E-state index contributed by atoms with van der Waals surface area (Å²) in [7, 11) is 0. The van der Waals surface area contributed by atoms with E-state index in [0.29, 0.717) is 18.1 Å². The number of aromatic nitrogens is 2. The molecule has 1 saturated heterocycles. The van der Waals surface area contributed by atoms with Crippen molar-refractivity contribution in [3.8, 4) is 5.69 Å². The summed E-state index contributed by atoms with van der Waals surface area (Å²) in [5.41, 5.74) is 3.02. The molecule has 0 spiro atoms. The summed E-state index contributed by atoms with van der Waals surface area (Å²) in [5.74, 6) is -0.0725. The summed E-state index contributed by atoms with van der Waals surface area (Å²) >= 11 is 0. The SMILES string of the molecule is CCN(CC)c1ccc(NC(=O)[C@@H]2CCCN(c3ccc(=O)n(-c4cccc(F)c4)n3)C2)c(C)c1. The van der Waals surface area contributed by atoms with Crippen LogP contribution in [0.3, 0.4) is 0 Å². The van der Waals surface area contributed by atoms with E-state index in [1.54, 1.807) is 18.2 Å². The molecule has 1 amide bonds. The van der Waals surface area contributed by atoms with E-state index >= 15 is 0 Å². The van der Waals surface area contributed by atoms with Crippen LogP contribution in [0.5, 0.6) is 0 Å². The Morgan fingerprint density at radius 2 is 1.94 bits per heavy atom. The molecule has 184 valence electrons. The van der Waals surface area contributed by atoms with E-state index in [0.717, 1.165) is 49.4 Å². The summed E-state index contributed by atoms with van der Waals surface area (Å²) in [6, 6.07) is 15.0. The lowest BCUT2D eigenvalue weighted by Crippen LogP contribution is -2.42. The number of anilines is 3. The first-order chi connectivity index (χ1) is 16.9. The normalized spacial score (nSPS) is 15.7. The lowest BCUT2D eigenvalue weighted by molar-refractivity contribution is -0.120. The Labute approximate surface area is 205 Å². The van der Waals surface area contributed by atoms with Gasteiger partial charge in [0.05, 0.1) is 11.6 Å². The monoisotopic (exact) mass is 477 g/mol. The summed E-state index contributed by atoms with van der Waals surface area (Å²) in [5, 5.41) is 7.57. The van der Waals surface area contributed by atoms with Gasteiger partial charge in [0.15, 0.2) is 0 Å². The van der Waals surface area contributed by atoms with Crippen LogP contribution >= 0.6 is 0 Å². The van der Waals surface area contributed by atoms with Gasteiger partial charge in [0.25, 0.3) is 5.56 Å². The van der Waals surface area contributed by atoms with Gasteiger partial charge in [-0.2, -0.15) is 4.68 Å². The molecule has 2 heterocycles. The molecule has 0 radical (unpaired) electrons. The zero-order chi connectivity index (χ0) is 24.9. The van der Waals surface area contributed by atoms with Crippen molar-refractivity contribution >= 4 is 23.1 Å². The molecule has 2 aromatic carbocycles. The van der Waals surface area contributed by atoms with Gasteiger partial charge in [-0.3, -0.25) is 9.59 Å². The van der Waals surface area contributed by atoms with Crippen molar-refractivity contribution in [3.05, 3.63) is 76.3 Å². The summed E-state index contributed by atoms with van der Waals surface area (Å²) in [6.07, 6.45) is 1.61. The second-order valence-electron chi connectivity index (χ2n) is 8.87. The number of halogens is 1. The first kappa shape index (κ1) is 24.4. The van der Waals surface area contributed by atoms with Gasteiger partial charge < -0.3 is 15.1 Å². The van der Waals surface area contributed by atoms with Crippen LogP contribution in [0.15, 0.2) is 59.4 Å². The molecular weight excluding hydrogens is 445 g/mol. The summed E-state index contributed by atoms with van der Waals surface area (Å²) in [6.45, 7) is 9.35. The second-order valence-corrected chi connectivity index (χ2v) is 8.87. The molecule has 1 aliphatic heterocycles. The number of rotatable bonds is 7. The van der Waals surface area contributed by atoms with Crippen LogP contribution < -0.4 is 20.7 Å². The van der Waals surface area contributed by atoms with E-state index in [4.69, 9.17) is 0 Å². The fourth-order valence-electron chi connectivity index (χ4n) is 4.57. The Balaban J connectivity index is 1.48. The van der Waals surface area contributed by atoms with Gasteiger partial charge in [-0.15, -0.1) is 5.10 Å². The van der Waals surface area contributed by atoms with Crippen molar-refractivity contribution < 1.29 is 9.18 Å². The van der Waals surface area contributed by atoms with Crippen molar-refractivity contribution in [1.82, 2.24) is 9.78 Å². The van der Waals surface area contributed by atoms with E-state index in [9.17, 15) is 14.0 Å². The Bertz CT molecular complexity index is 1250. The zero-order valence-electron chi connectivity index (χ0n) is 20.5. The molecule has 1 aromatic heterocycles. The molecule has 1 aliphatic rings. The highest BCUT2D eigenvalue weighted by Gasteiger charge is 2.27. The van der Waals surface area contributed by atoms with E-state index < -0.39 is 5.82 Å². The van der Waals surface area contributed by atoms with Crippen molar-refractivity contribution in [3.63, 3.8) is 0 Å². The van der Waals surface area contributed by atoms with Gasteiger partial charge in [-0.25, -0.2) is 4.39 Å². The maximum absolute atomic E-state index is 13.7. The number of nitrogens with one attached hydrogen (secondary N) is 1. The molecule has 4 rings (SSSR count). The van der Waals surface area contributed by atoms with Crippen LogP contribution in [0.25, 0.3) is 5.69 Å². The highest BCUT2D eigenvalue weighted by molar-refractivity contribution is 5.94. The van der Waals surface area contributed by atoms with Crippen molar-refractivity contribution in [2.45, 2.75) is 33.6 Å². The Hall–Kier alpha value is -3.68. The molecule has 0 unspecified atom stereocenters. The van der Waals surface area contributed by atoms with Crippen LogP contribution in [0, 0.1) is 18.7 Å². The zero-order valence-corrected chi connectivity index (χ0v) is 20.5. The highest BCUT2D eigenvalue weighted by atomic mass is 19.1. The van der Waals surface area contributed by atoms with E-state index in [1.807, 2.05) is 24.0 Å². The van der Waals surface area contributed by atoms with Crippen LogP contribution in [0.2, 0.25) is 0 Å². The molecule has 7 nitrogen and oxygen atoms in total. The largest absolute Gasteiger partial charge is 0.372 e. The maximum atomic E-state index is 13.7. The van der Waals surface area contributed by atoms with E-state index in [2.05, 4.69) is 35.2 Å². The number of carbonyl (C=O) groups excluding carboxylic acids is 1. The number of hydrogen-bond donors (Lipinski definition) is 1. The van der Waals surface area contributed by atoms with Crippen LogP contribution in [0.4, 0.5) is 21.6 Å². The van der Waals surface area contributed by atoms with Crippen molar-refractivity contribution in [1.29, 1.82) is 0 Å². The van der Waals surface area contributed by atoms with Gasteiger partial charge in [0.2, 0.25) is 5.91 Å². The van der Waals surface area contributed by atoms with Gasteiger partial charge in [0, 0.05) is 43.6 Å². The molecular formula is C27H32FN5O2. The second kappa shape index (κ2) is 10.7. The maximum Gasteiger partial charge on any atom is 0.271 e. The topological polar surface area (TPSA) is 70.5 Å². The number of piperidine rings is 1. The van der Waals surface area contributed by atoms with Crippen LogP contribution in [0.1, 0.15) is 32.3 Å². The lowest BCUT2D eigenvalue weighted by Gasteiger charge is -2.33. The van der Waals surface area contributed by atoms with Crippen LogP contribution in [-0.4, -0.2) is 41.9 Å². The number of hydrogen-bond acceptors (Lipinski definition) is 5. The van der Waals surface area contributed by atoms with Crippen LogP contribution in [-0.2, 0) is 4.79 Å².